The molecule has 1 saturated carbocycles. The summed E-state index contributed by atoms with van der Waals surface area (Å²) in [6, 6.07) is 4.71. The fourth-order valence-electron chi connectivity index (χ4n) is 2.12. The molecule has 2 aromatic heterocycles. The lowest BCUT2D eigenvalue weighted by molar-refractivity contribution is 0.636. The predicted octanol–water partition coefficient (Wildman–Crippen LogP) is 1.66. The van der Waals surface area contributed by atoms with Gasteiger partial charge >= 0.3 is 0 Å². The topological polar surface area (TPSA) is 56.7 Å². The van der Waals surface area contributed by atoms with Crippen molar-refractivity contribution >= 4 is 11.2 Å². The lowest BCUT2D eigenvalue weighted by Crippen LogP contribution is -2.20. The van der Waals surface area contributed by atoms with Gasteiger partial charge in [0, 0.05) is 24.7 Å². The van der Waals surface area contributed by atoms with E-state index in [0.717, 1.165) is 23.4 Å². The Morgan fingerprint density at radius 1 is 1.56 bits per heavy atom. The summed E-state index contributed by atoms with van der Waals surface area (Å²) in [7, 11) is 0. The third kappa shape index (κ3) is 1.59. The van der Waals surface area contributed by atoms with Gasteiger partial charge in [-0.1, -0.05) is 0 Å². The first kappa shape index (κ1) is 9.78. The van der Waals surface area contributed by atoms with Crippen molar-refractivity contribution in [1.29, 1.82) is 0 Å². The van der Waals surface area contributed by atoms with Crippen molar-refractivity contribution in [3.05, 3.63) is 24.2 Å². The lowest BCUT2D eigenvalue weighted by atomic mass is 10.2. The van der Waals surface area contributed by atoms with Crippen molar-refractivity contribution in [2.75, 3.05) is 0 Å². The van der Waals surface area contributed by atoms with Crippen molar-refractivity contribution in [3.8, 4) is 0 Å². The summed E-state index contributed by atoms with van der Waals surface area (Å²) in [6.07, 6.45) is 5.15. The second-order valence-electron chi connectivity index (χ2n) is 4.66. The van der Waals surface area contributed by atoms with E-state index in [-0.39, 0.29) is 6.04 Å². The van der Waals surface area contributed by atoms with E-state index in [1.807, 2.05) is 25.3 Å². The van der Waals surface area contributed by atoms with Gasteiger partial charge in [0.2, 0.25) is 0 Å². The summed E-state index contributed by atoms with van der Waals surface area (Å²) in [5, 5.41) is 0. The highest BCUT2D eigenvalue weighted by Gasteiger charge is 2.28. The molecule has 0 radical (unpaired) electrons. The second kappa shape index (κ2) is 3.56. The van der Waals surface area contributed by atoms with Crippen LogP contribution in [0.2, 0.25) is 0 Å². The van der Waals surface area contributed by atoms with Crippen LogP contribution < -0.4 is 5.73 Å². The van der Waals surface area contributed by atoms with E-state index in [2.05, 4.69) is 14.5 Å². The Hall–Kier alpha value is -1.42. The van der Waals surface area contributed by atoms with Gasteiger partial charge in [0.15, 0.2) is 5.65 Å². The molecule has 4 heteroatoms. The Morgan fingerprint density at radius 3 is 3.06 bits per heavy atom. The smallest absolute Gasteiger partial charge is 0.160 e. The van der Waals surface area contributed by atoms with Gasteiger partial charge in [0.25, 0.3) is 0 Å². The molecule has 2 heterocycles. The molecule has 0 aliphatic heterocycles. The quantitative estimate of drug-likeness (QED) is 0.848. The maximum atomic E-state index is 5.86. The number of nitrogens with two attached hydrogens (primary N) is 1. The van der Waals surface area contributed by atoms with Crippen LogP contribution in [0.25, 0.3) is 11.2 Å². The van der Waals surface area contributed by atoms with Crippen molar-refractivity contribution in [2.45, 2.75) is 38.3 Å². The van der Waals surface area contributed by atoms with Crippen LogP contribution in [0.4, 0.5) is 0 Å². The molecular formula is C12H16N4. The van der Waals surface area contributed by atoms with Gasteiger partial charge in [-0.05, 0) is 31.9 Å². The average Bonchev–Trinajstić information content (AvgIpc) is 3.00. The molecule has 84 valence electrons. The molecular weight excluding hydrogens is 200 g/mol. The molecule has 1 aliphatic rings. The molecule has 1 unspecified atom stereocenters. The second-order valence-corrected chi connectivity index (χ2v) is 4.66. The first-order chi connectivity index (χ1) is 7.75. The standard InChI is InChI=1S/C12H16N4/c1-8(13)7-11-15-10-3-2-6-14-12(10)16(11)9-4-5-9/h2-3,6,8-9H,4-5,7,13H2,1H3. The van der Waals surface area contributed by atoms with Gasteiger partial charge in [-0.25, -0.2) is 9.97 Å². The number of aromatic nitrogens is 3. The monoisotopic (exact) mass is 216 g/mol. The van der Waals surface area contributed by atoms with Gasteiger partial charge in [-0.3, -0.25) is 0 Å². The van der Waals surface area contributed by atoms with E-state index < -0.39 is 0 Å². The van der Waals surface area contributed by atoms with Crippen LogP contribution in [0.3, 0.4) is 0 Å². The van der Waals surface area contributed by atoms with Gasteiger partial charge in [0.05, 0.1) is 0 Å². The molecule has 1 fully saturated rings. The molecule has 1 aliphatic carbocycles. The number of nitrogens with zero attached hydrogens (tertiary/aromatic N) is 3. The minimum atomic E-state index is 0.148. The molecule has 4 nitrogen and oxygen atoms in total. The summed E-state index contributed by atoms with van der Waals surface area (Å²) in [5.74, 6) is 1.09. The van der Waals surface area contributed by atoms with Crippen molar-refractivity contribution < 1.29 is 0 Å². The van der Waals surface area contributed by atoms with Crippen LogP contribution in [0, 0.1) is 0 Å². The average molecular weight is 216 g/mol. The summed E-state index contributed by atoms with van der Waals surface area (Å²) in [6.45, 7) is 2.02. The Labute approximate surface area is 94.5 Å². The van der Waals surface area contributed by atoms with E-state index in [0.29, 0.717) is 6.04 Å². The Morgan fingerprint density at radius 2 is 2.38 bits per heavy atom. The molecule has 1 atom stereocenters. The van der Waals surface area contributed by atoms with Crippen molar-refractivity contribution in [2.24, 2.45) is 5.73 Å². The largest absolute Gasteiger partial charge is 0.328 e. The summed E-state index contributed by atoms with van der Waals surface area (Å²) in [4.78, 5) is 9.06. The molecule has 0 aromatic carbocycles. The van der Waals surface area contributed by atoms with Gasteiger partial charge in [-0.15, -0.1) is 0 Å². The van der Waals surface area contributed by atoms with Gasteiger partial charge in [0.1, 0.15) is 11.3 Å². The minimum absolute atomic E-state index is 0.148. The fraction of sp³-hybridized carbons (Fsp3) is 0.500. The third-order valence-corrected chi connectivity index (χ3v) is 2.94. The van der Waals surface area contributed by atoms with E-state index >= 15 is 0 Å². The highest BCUT2D eigenvalue weighted by Crippen LogP contribution is 2.38. The lowest BCUT2D eigenvalue weighted by Gasteiger charge is -2.08. The number of pyridine rings is 1. The van der Waals surface area contributed by atoms with Crippen LogP contribution in [0.5, 0.6) is 0 Å². The van der Waals surface area contributed by atoms with Gasteiger partial charge < -0.3 is 10.3 Å². The van der Waals surface area contributed by atoms with Crippen LogP contribution in [0.1, 0.15) is 31.6 Å². The fourth-order valence-corrected chi connectivity index (χ4v) is 2.12. The first-order valence-corrected chi connectivity index (χ1v) is 5.83. The molecule has 0 amide bonds. The van der Waals surface area contributed by atoms with E-state index in [1.165, 1.54) is 12.8 Å². The molecule has 0 spiro atoms. The molecule has 3 rings (SSSR count). The molecule has 2 aromatic rings. The summed E-state index contributed by atoms with van der Waals surface area (Å²) in [5.41, 5.74) is 7.87. The highest BCUT2D eigenvalue weighted by molar-refractivity contribution is 5.71. The van der Waals surface area contributed by atoms with Gasteiger partial charge in [-0.2, -0.15) is 0 Å². The zero-order valence-corrected chi connectivity index (χ0v) is 9.43. The van der Waals surface area contributed by atoms with Crippen molar-refractivity contribution in [1.82, 2.24) is 14.5 Å². The maximum Gasteiger partial charge on any atom is 0.160 e. The zero-order valence-electron chi connectivity index (χ0n) is 9.43. The minimum Gasteiger partial charge on any atom is -0.328 e. The Bertz CT molecular complexity index is 511. The number of hydrogen-bond donors (Lipinski definition) is 1. The number of hydrogen-bond acceptors (Lipinski definition) is 3. The Balaban J connectivity index is 2.14. The summed E-state index contributed by atoms with van der Waals surface area (Å²) < 4.78 is 2.28. The van der Waals surface area contributed by atoms with E-state index in [9.17, 15) is 0 Å². The molecule has 0 saturated heterocycles. The third-order valence-electron chi connectivity index (χ3n) is 2.94. The van der Waals surface area contributed by atoms with Crippen LogP contribution >= 0.6 is 0 Å². The number of imidazole rings is 1. The molecule has 0 bridgehead atoms. The molecule has 16 heavy (non-hydrogen) atoms. The zero-order chi connectivity index (χ0) is 11.1. The van der Waals surface area contributed by atoms with Crippen LogP contribution in [0.15, 0.2) is 18.3 Å². The normalized spacial score (nSPS) is 17.9. The van der Waals surface area contributed by atoms with E-state index in [4.69, 9.17) is 5.73 Å². The van der Waals surface area contributed by atoms with Crippen LogP contribution in [-0.2, 0) is 6.42 Å². The molecule has 2 N–H and O–H groups in total. The highest BCUT2D eigenvalue weighted by atomic mass is 15.2. The predicted molar refractivity (Wildman–Crippen MR) is 63.2 cm³/mol. The summed E-state index contributed by atoms with van der Waals surface area (Å²) >= 11 is 0. The SMILES string of the molecule is CC(N)Cc1nc2cccnc2n1C1CC1. The maximum absolute atomic E-state index is 5.86. The van der Waals surface area contributed by atoms with E-state index in [1.54, 1.807) is 0 Å². The number of fused-ring (bicyclic) bond motifs is 1. The first-order valence-electron chi connectivity index (χ1n) is 5.83. The number of rotatable bonds is 3. The van der Waals surface area contributed by atoms with Crippen molar-refractivity contribution in [3.63, 3.8) is 0 Å². The van der Waals surface area contributed by atoms with Crippen LogP contribution in [-0.4, -0.2) is 20.6 Å². The Kier molecular flexibility index (Phi) is 2.17.